The molecule has 0 saturated carbocycles. The SMILES string of the molecule is O=C(O)CCNC(=O)CCCCO. The van der Waals surface area contributed by atoms with Crippen LogP contribution in [0.3, 0.4) is 0 Å². The topological polar surface area (TPSA) is 86.6 Å². The number of hydrogen-bond acceptors (Lipinski definition) is 3. The molecule has 5 heteroatoms. The van der Waals surface area contributed by atoms with Crippen LogP contribution in [0.25, 0.3) is 0 Å². The average molecular weight is 189 g/mol. The number of rotatable bonds is 7. The molecular formula is C8H15NO4. The van der Waals surface area contributed by atoms with Crippen LogP contribution in [-0.2, 0) is 9.59 Å². The molecule has 0 spiro atoms. The van der Waals surface area contributed by atoms with Gasteiger partial charge in [0.15, 0.2) is 0 Å². The maximum atomic E-state index is 10.9. The first-order valence-electron chi connectivity index (χ1n) is 4.26. The Labute approximate surface area is 76.8 Å². The summed E-state index contributed by atoms with van der Waals surface area (Å²) in [5.74, 6) is -1.08. The predicted molar refractivity (Wildman–Crippen MR) is 46.2 cm³/mol. The highest BCUT2D eigenvalue weighted by atomic mass is 16.4. The largest absolute Gasteiger partial charge is 0.481 e. The molecule has 0 fully saturated rings. The van der Waals surface area contributed by atoms with Crippen molar-refractivity contribution in [3.8, 4) is 0 Å². The molecule has 5 nitrogen and oxygen atoms in total. The number of nitrogens with one attached hydrogen (secondary N) is 1. The van der Waals surface area contributed by atoms with E-state index in [2.05, 4.69) is 5.32 Å². The van der Waals surface area contributed by atoms with Crippen LogP contribution >= 0.6 is 0 Å². The Morgan fingerprint density at radius 1 is 1.15 bits per heavy atom. The number of aliphatic carboxylic acids is 1. The van der Waals surface area contributed by atoms with Crippen molar-refractivity contribution in [3.63, 3.8) is 0 Å². The highest BCUT2D eigenvalue weighted by Crippen LogP contribution is 1.93. The zero-order valence-electron chi connectivity index (χ0n) is 7.45. The smallest absolute Gasteiger partial charge is 0.305 e. The van der Waals surface area contributed by atoms with E-state index in [1.165, 1.54) is 0 Å². The van der Waals surface area contributed by atoms with E-state index in [4.69, 9.17) is 10.2 Å². The van der Waals surface area contributed by atoms with E-state index in [0.717, 1.165) is 0 Å². The summed E-state index contributed by atoms with van der Waals surface area (Å²) >= 11 is 0. The van der Waals surface area contributed by atoms with Crippen molar-refractivity contribution < 1.29 is 19.8 Å². The van der Waals surface area contributed by atoms with Gasteiger partial charge in [0.1, 0.15) is 0 Å². The van der Waals surface area contributed by atoms with Crippen molar-refractivity contribution in [2.45, 2.75) is 25.7 Å². The number of carbonyl (C=O) groups is 2. The summed E-state index contributed by atoms with van der Waals surface area (Å²) in [5, 5.41) is 19.1. The molecule has 0 rings (SSSR count). The molecule has 0 aromatic rings. The quantitative estimate of drug-likeness (QED) is 0.481. The molecule has 0 unspecified atom stereocenters. The van der Waals surface area contributed by atoms with Crippen LogP contribution in [0.2, 0.25) is 0 Å². The van der Waals surface area contributed by atoms with E-state index < -0.39 is 5.97 Å². The second-order valence-electron chi connectivity index (χ2n) is 2.67. The molecule has 0 bridgehead atoms. The number of carboxylic acid groups (broad SMARTS) is 1. The first-order valence-corrected chi connectivity index (χ1v) is 4.26. The Kier molecular flexibility index (Phi) is 6.91. The van der Waals surface area contributed by atoms with Crippen LogP contribution in [-0.4, -0.2) is 35.2 Å². The number of aliphatic hydroxyl groups is 1. The molecule has 0 radical (unpaired) electrons. The molecule has 0 aliphatic heterocycles. The highest BCUT2D eigenvalue weighted by molar-refractivity contribution is 5.76. The standard InChI is InChI=1S/C8H15NO4/c10-6-2-1-3-7(11)9-5-4-8(12)13/h10H,1-6H2,(H,9,11)(H,12,13). The van der Waals surface area contributed by atoms with E-state index in [1.807, 2.05) is 0 Å². The molecule has 0 aromatic carbocycles. The lowest BCUT2D eigenvalue weighted by Crippen LogP contribution is -2.25. The summed E-state index contributed by atoms with van der Waals surface area (Å²) in [6.07, 6.45) is 1.54. The van der Waals surface area contributed by atoms with Crippen molar-refractivity contribution in [3.05, 3.63) is 0 Å². The molecule has 0 aliphatic carbocycles. The fourth-order valence-electron chi connectivity index (χ4n) is 0.795. The fraction of sp³-hybridized carbons (Fsp3) is 0.750. The van der Waals surface area contributed by atoms with Gasteiger partial charge in [0, 0.05) is 19.6 Å². The van der Waals surface area contributed by atoms with Gasteiger partial charge in [-0.05, 0) is 12.8 Å². The maximum Gasteiger partial charge on any atom is 0.305 e. The first-order chi connectivity index (χ1) is 6.16. The van der Waals surface area contributed by atoms with Gasteiger partial charge in [-0.1, -0.05) is 0 Å². The van der Waals surface area contributed by atoms with Gasteiger partial charge < -0.3 is 15.5 Å². The van der Waals surface area contributed by atoms with Gasteiger partial charge in [-0.15, -0.1) is 0 Å². The monoisotopic (exact) mass is 189 g/mol. The highest BCUT2D eigenvalue weighted by Gasteiger charge is 2.01. The number of amides is 1. The van der Waals surface area contributed by atoms with Crippen molar-refractivity contribution in [1.82, 2.24) is 5.32 Å². The summed E-state index contributed by atoms with van der Waals surface area (Å²) in [5.41, 5.74) is 0. The minimum absolute atomic E-state index is 0.0499. The number of aliphatic hydroxyl groups excluding tert-OH is 1. The molecule has 0 aliphatic rings. The second kappa shape index (κ2) is 7.54. The van der Waals surface area contributed by atoms with Crippen molar-refractivity contribution >= 4 is 11.9 Å². The molecule has 0 aromatic heterocycles. The zero-order valence-corrected chi connectivity index (χ0v) is 7.45. The first kappa shape index (κ1) is 11.9. The van der Waals surface area contributed by atoms with E-state index in [-0.39, 0.29) is 25.5 Å². The van der Waals surface area contributed by atoms with E-state index in [9.17, 15) is 9.59 Å². The third-order valence-electron chi connectivity index (χ3n) is 1.47. The van der Waals surface area contributed by atoms with Crippen LogP contribution in [0.1, 0.15) is 25.7 Å². The second-order valence-corrected chi connectivity index (χ2v) is 2.67. The van der Waals surface area contributed by atoms with Crippen molar-refractivity contribution in [1.29, 1.82) is 0 Å². The zero-order chi connectivity index (χ0) is 10.1. The van der Waals surface area contributed by atoms with Crippen molar-refractivity contribution in [2.75, 3.05) is 13.2 Å². The summed E-state index contributed by atoms with van der Waals surface area (Å²) in [6, 6.07) is 0. The van der Waals surface area contributed by atoms with Gasteiger partial charge in [0.25, 0.3) is 0 Å². The van der Waals surface area contributed by atoms with Gasteiger partial charge in [0.2, 0.25) is 5.91 Å². The molecule has 76 valence electrons. The molecular weight excluding hydrogens is 174 g/mol. The van der Waals surface area contributed by atoms with Gasteiger partial charge >= 0.3 is 5.97 Å². The summed E-state index contributed by atoms with van der Waals surface area (Å²) in [4.78, 5) is 21.0. The minimum Gasteiger partial charge on any atom is -0.481 e. The maximum absolute atomic E-state index is 10.9. The summed E-state index contributed by atoms with van der Waals surface area (Å²) in [7, 11) is 0. The van der Waals surface area contributed by atoms with Crippen LogP contribution in [0.5, 0.6) is 0 Å². The molecule has 0 heterocycles. The number of carboxylic acids is 1. The van der Waals surface area contributed by atoms with Gasteiger partial charge in [-0.25, -0.2) is 0 Å². The van der Waals surface area contributed by atoms with Gasteiger partial charge in [-0.3, -0.25) is 9.59 Å². The van der Waals surface area contributed by atoms with Crippen LogP contribution in [0.4, 0.5) is 0 Å². The predicted octanol–water partition coefficient (Wildman–Crippen LogP) is -0.260. The third kappa shape index (κ3) is 8.81. The summed E-state index contributed by atoms with van der Waals surface area (Å²) in [6.45, 7) is 0.260. The lowest BCUT2D eigenvalue weighted by Gasteiger charge is -2.01. The third-order valence-corrected chi connectivity index (χ3v) is 1.47. The van der Waals surface area contributed by atoms with Gasteiger partial charge in [0.05, 0.1) is 6.42 Å². The average Bonchev–Trinajstić information content (AvgIpc) is 2.04. The van der Waals surface area contributed by atoms with Crippen LogP contribution in [0, 0.1) is 0 Å². The Morgan fingerprint density at radius 3 is 2.38 bits per heavy atom. The number of unbranched alkanes of at least 4 members (excludes halogenated alkanes) is 1. The molecule has 0 saturated heterocycles. The summed E-state index contributed by atoms with van der Waals surface area (Å²) < 4.78 is 0. The van der Waals surface area contributed by atoms with E-state index in [1.54, 1.807) is 0 Å². The normalized spacial score (nSPS) is 9.62. The molecule has 13 heavy (non-hydrogen) atoms. The lowest BCUT2D eigenvalue weighted by molar-refractivity contribution is -0.136. The van der Waals surface area contributed by atoms with Gasteiger partial charge in [-0.2, -0.15) is 0 Å². The van der Waals surface area contributed by atoms with Crippen molar-refractivity contribution in [2.24, 2.45) is 0 Å². The molecule has 0 atom stereocenters. The van der Waals surface area contributed by atoms with E-state index >= 15 is 0 Å². The van der Waals surface area contributed by atoms with Crippen LogP contribution in [0.15, 0.2) is 0 Å². The Hall–Kier alpha value is -1.10. The minimum atomic E-state index is -0.921. The van der Waals surface area contributed by atoms with E-state index in [0.29, 0.717) is 19.3 Å². The van der Waals surface area contributed by atoms with Crippen LogP contribution < -0.4 is 5.32 Å². The number of hydrogen-bond donors (Lipinski definition) is 3. The molecule has 1 amide bonds. The number of carbonyl (C=O) groups excluding carboxylic acids is 1. The Morgan fingerprint density at radius 2 is 1.85 bits per heavy atom. The fourth-order valence-corrected chi connectivity index (χ4v) is 0.795. The Bertz CT molecular complexity index is 170. The Balaban J connectivity index is 3.25. The molecule has 3 N–H and O–H groups in total. The lowest BCUT2D eigenvalue weighted by atomic mass is 10.2.